The third-order valence-electron chi connectivity index (χ3n) is 4.39. The average Bonchev–Trinajstić information content (AvgIpc) is 3.22. The minimum Gasteiger partial charge on any atom is -0.465 e. The predicted molar refractivity (Wildman–Crippen MR) is 117 cm³/mol. The summed E-state index contributed by atoms with van der Waals surface area (Å²) < 4.78 is 4.70. The largest absolute Gasteiger partial charge is 0.465 e. The quantitative estimate of drug-likeness (QED) is 0.383. The van der Waals surface area contributed by atoms with Gasteiger partial charge in [0.2, 0.25) is 0 Å². The van der Waals surface area contributed by atoms with Gasteiger partial charge in [-0.3, -0.25) is 0 Å². The number of thiazole rings is 1. The standard InChI is InChI=1S/C24H22N2O2S/c1-16(2)12-17-4-8-19(9-5-17)22-15-29-23(26-22)21(14-25)13-18-6-10-20(11-7-18)24(27)28-3/h4-11,13,15-16H,12H2,1-3H3/b21-13-. The summed E-state index contributed by atoms with van der Waals surface area (Å²) in [5.74, 6) is 0.238. The van der Waals surface area contributed by atoms with Gasteiger partial charge in [0.15, 0.2) is 0 Å². The predicted octanol–water partition coefficient (Wildman–Crippen LogP) is 5.86. The van der Waals surface area contributed by atoms with E-state index in [1.54, 1.807) is 30.3 Å². The summed E-state index contributed by atoms with van der Waals surface area (Å²) in [5, 5.41) is 12.2. The lowest BCUT2D eigenvalue weighted by molar-refractivity contribution is 0.0600. The fourth-order valence-electron chi connectivity index (χ4n) is 2.95. The smallest absolute Gasteiger partial charge is 0.337 e. The van der Waals surface area contributed by atoms with Gasteiger partial charge < -0.3 is 4.74 Å². The molecule has 0 N–H and O–H groups in total. The van der Waals surface area contributed by atoms with Gasteiger partial charge in [-0.15, -0.1) is 11.3 Å². The van der Waals surface area contributed by atoms with Crippen LogP contribution in [0.3, 0.4) is 0 Å². The fourth-order valence-corrected chi connectivity index (χ4v) is 3.75. The molecule has 29 heavy (non-hydrogen) atoms. The number of carbonyl (C=O) groups is 1. The Hall–Kier alpha value is -3.23. The summed E-state index contributed by atoms with van der Waals surface area (Å²) in [6.07, 6.45) is 2.83. The van der Waals surface area contributed by atoms with Gasteiger partial charge in [0.05, 0.1) is 23.9 Å². The molecule has 0 saturated heterocycles. The molecule has 3 rings (SSSR count). The van der Waals surface area contributed by atoms with Crippen LogP contribution in [0, 0.1) is 17.2 Å². The van der Waals surface area contributed by atoms with Crippen LogP contribution in [0.4, 0.5) is 0 Å². The number of benzene rings is 2. The highest BCUT2D eigenvalue weighted by molar-refractivity contribution is 7.11. The van der Waals surface area contributed by atoms with Crippen molar-refractivity contribution in [2.24, 2.45) is 5.92 Å². The van der Waals surface area contributed by atoms with E-state index in [0.717, 1.165) is 23.2 Å². The summed E-state index contributed by atoms with van der Waals surface area (Å²) in [5.41, 5.74) is 5.00. The van der Waals surface area contributed by atoms with E-state index >= 15 is 0 Å². The molecule has 146 valence electrons. The summed E-state index contributed by atoms with van der Waals surface area (Å²) >= 11 is 1.45. The first-order valence-corrected chi connectivity index (χ1v) is 10.2. The van der Waals surface area contributed by atoms with Crippen LogP contribution in [0.2, 0.25) is 0 Å². The van der Waals surface area contributed by atoms with Gasteiger partial charge in [-0.1, -0.05) is 50.2 Å². The molecule has 0 bridgehead atoms. The van der Waals surface area contributed by atoms with Crippen molar-refractivity contribution in [1.29, 1.82) is 5.26 Å². The number of allylic oxidation sites excluding steroid dienone is 1. The van der Waals surface area contributed by atoms with Crippen molar-refractivity contribution in [2.45, 2.75) is 20.3 Å². The average molecular weight is 403 g/mol. The summed E-state index contributed by atoms with van der Waals surface area (Å²) in [7, 11) is 1.35. The van der Waals surface area contributed by atoms with E-state index < -0.39 is 0 Å². The van der Waals surface area contributed by atoms with Crippen LogP contribution in [-0.2, 0) is 11.2 Å². The van der Waals surface area contributed by atoms with E-state index in [4.69, 9.17) is 4.74 Å². The lowest BCUT2D eigenvalue weighted by Gasteiger charge is -2.05. The Labute approximate surface area is 175 Å². The first-order valence-electron chi connectivity index (χ1n) is 9.35. The first-order chi connectivity index (χ1) is 14.0. The van der Waals surface area contributed by atoms with Crippen molar-refractivity contribution in [1.82, 2.24) is 4.98 Å². The van der Waals surface area contributed by atoms with E-state index in [0.29, 0.717) is 22.1 Å². The number of ether oxygens (including phenoxy) is 1. The molecule has 0 amide bonds. The second-order valence-electron chi connectivity index (χ2n) is 7.12. The molecule has 0 unspecified atom stereocenters. The molecular formula is C24H22N2O2S. The number of esters is 1. The molecule has 1 aromatic heterocycles. The highest BCUT2D eigenvalue weighted by Gasteiger charge is 2.10. The maximum absolute atomic E-state index is 11.5. The Kier molecular flexibility index (Phi) is 6.58. The van der Waals surface area contributed by atoms with Crippen molar-refractivity contribution in [3.8, 4) is 17.3 Å². The van der Waals surface area contributed by atoms with E-state index in [2.05, 4.69) is 49.2 Å². The molecule has 0 radical (unpaired) electrons. The third kappa shape index (κ3) is 5.18. The molecule has 0 fully saturated rings. The van der Waals surface area contributed by atoms with E-state index in [1.165, 1.54) is 24.0 Å². The van der Waals surface area contributed by atoms with Crippen LogP contribution in [0.1, 0.15) is 40.3 Å². The zero-order valence-electron chi connectivity index (χ0n) is 16.7. The lowest BCUT2D eigenvalue weighted by atomic mass is 10.0. The van der Waals surface area contributed by atoms with Gasteiger partial charge in [0.1, 0.15) is 11.1 Å². The van der Waals surface area contributed by atoms with Gasteiger partial charge in [-0.2, -0.15) is 5.26 Å². The van der Waals surface area contributed by atoms with Crippen molar-refractivity contribution < 1.29 is 9.53 Å². The molecule has 5 heteroatoms. The van der Waals surface area contributed by atoms with Crippen molar-refractivity contribution in [3.63, 3.8) is 0 Å². The van der Waals surface area contributed by atoms with Gasteiger partial charge in [-0.05, 0) is 41.7 Å². The topological polar surface area (TPSA) is 63.0 Å². The second-order valence-corrected chi connectivity index (χ2v) is 7.97. The molecule has 2 aromatic carbocycles. The highest BCUT2D eigenvalue weighted by Crippen LogP contribution is 2.27. The number of hydrogen-bond donors (Lipinski definition) is 0. The zero-order valence-corrected chi connectivity index (χ0v) is 17.5. The van der Waals surface area contributed by atoms with Crippen LogP contribution in [0.5, 0.6) is 0 Å². The number of nitriles is 1. The molecule has 0 atom stereocenters. The highest BCUT2D eigenvalue weighted by atomic mass is 32.1. The minimum absolute atomic E-state index is 0.384. The number of rotatable bonds is 6. The molecule has 4 nitrogen and oxygen atoms in total. The Morgan fingerprint density at radius 3 is 2.45 bits per heavy atom. The van der Waals surface area contributed by atoms with Crippen molar-refractivity contribution in [3.05, 3.63) is 75.6 Å². The van der Waals surface area contributed by atoms with Crippen LogP contribution >= 0.6 is 11.3 Å². The maximum Gasteiger partial charge on any atom is 0.337 e. The molecule has 0 spiro atoms. The monoisotopic (exact) mass is 402 g/mol. The summed E-state index contributed by atoms with van der Waals surface area (Å²) in [6.45, 7) is 4.42. The zero-order chi connectivity index (χ0) is 20.8. The van der Waals surface area contributed by atoms with Gasteiger partial charge in [-0.25, -0.2) is 9.78 Å². The van der Waals surface area contributed by atoms with Crippen LogP contribution < -0.4 is 0 Å². The Bertz CT molecular complexity index is 1060. The number of carbonyl (C=O) groups excluding carboxylic acids is 1. The van der Waals surface area contributed by atoms with E-state index in [-0.39, 0.29) is 5.97 Å². The lowest BCUT2D eigenvalue weighted by Crippen LogP contribution is -2.00. The maximum atomic E-state index is 11.5. The molecule has 1 heterocycles. The normalized spacial score (nSPS) is 11.3. The van der Waals surface area contributed by atoms with Gasteiger partial charge in [0.25, 0.3) is 0 Å². The van der Waals surface area contributed by atoms with Gasteiger partial charge >= 0.3 is 5.97 Å². The molecule has 0 aliphatic heterocycles. The molecule has 3 aromatic rings. The number of aromatic nitrogens is 1. The summed E-state index contributed by atoms with van der Waals surface area (Å²) in [6, 6.07) is 17.6. The second kappa shape index (κ2) is 9.31. The SMILES string of the molecule is COC(=O)c1ccc(/C=C(/C#N)c2nc(-c3ccc(CC(C)C)cc3)cs2)cc1. The van der Waals surface area contributed by atoms with Crippen LogP contribution in [0.25, 0.3) is 22.9 Å². The Morgan fingerprint density at radius 2 is 1.86 bits per heavy atom. The third-order valence-corrected chi connectivity index (χ3v) is 5.27. The van der Waals surface area contributed by atoms with Crippen molar-refractivity contribution in [2.75, 3.05) is 7.11 Å². The van der Waals surface area contributed by atoms with E-state index in [9.17, 15) is 10.1 Å². The Balaban J connectivity index is 1.81. The molecule has 0 aliphatic carbocycles. The van der Waals surface area contributed by atoms with E-state index in [1.807, 2.05) is 5.38 Å². The summed E-state index contributed by atoms with van der Waals surface area (Å²) in [4.78, 5) is 16.2. The molecule has 0 saturated carbocycles. The van der Waals surface area contributed by atoms with Crippen LogP contribution in [-0.4, -0.2) is 18.1 Å². The van der Waals surface area contributed by atoms with Crippen LogP contribution in [0.15, 0.2) is 53.9 Å². The number of nitrogens with zero attached hydrogens (tertiary/aromatic N) is 2. The fraction of sp³-hybridized carbons (Fsp3) is 0.208. The minimum atomic E-state index is -0.384. The number of methoxy groups -OCH3 is 1. The first kappa shape index (κ1) is 20.5. The molecular weight excluding hydrogens is 380 g/mol. The number of hydrogen-bond acceptors (Lipinski definition) is 5. The Morgan fingerprint density at radius 1 is 1.17 bits per heavy atom. The van der Waals surface area contributed by atoms with Gasteiger partial charge in [0, 0.05) is 10.9 Å². The van der Waals surface area contributed by atoms with Crippen molar-refractivity contribution >= 4 is 29.0 Å². The molecule has 0 aliphatic rings.